The Morgan fingerprint density at radius 1 is 1.00 bits per heavy atom. The summed E-state index contributed by atoms with van der Waals surface area (Å²) in [6.45, 7) is 1.40. The van der Waals surface area contributed by atoms with Gasteiger partial charge in [-0.15, -0.1) is 0 Å². The summed E-state index contributed by atoms with van der Waals surface area (Å²) in [5.74, 6) is -2.48. The van der Waals surface area contributed by atoms with E-state index in [1.807, 2.05) is 0 Å². The molecule has 1 aliphatic carbocycles. The number of rotatable bonds is 6. The van der Waals surface area contributed by atoms with Crippen molar-refractivity contribution in [1.82, 2.24) is 19.9 Å². The molecule has 5 heterocycles. The average Bonchev–Trinajstić information content (AvgIpc) is 3.48. The van der Waals surface area contributed by atoms with E-state index in [9.17, 15) is 17.2 Å². The van der Waals surface area contributed by atoms with Crippen LogP contribution < -0.4 is 16.0 Å². The third-order valence-corrected chi connectivity index (χ3v) is 11.8. The van der Waals surface area contributed by atoms with Crippen LogP contribution in [0.15, 0.2) is 30.5 Å². The summed E-state index contributed by atoms with van der Waals surface area (Å²) in [6.07, 6.45) is 4.32. The number of piperazine rings is 1. The minimum atomic E-state index is -3.00. The Bertz CT molecular complexity index is 1580. The van der Waals surface area contributed by atoms with Crippen molar-refractivity contribution < 1.29 is 21.6 Å². The lowest BCUT2D eigenvalue weighted by atomic mass is 9.86. The normalized spacial score (nSPS) is 25.8. The number of sulfone groups is 1. The summed E-state index contributed by atoms with van der Waals surface area (Å²) in [6, 6.07) is 6.75. The van der Waals surface area contributed by atoms with Gasteiger partial charge in [0.1, 0.15) is 9.84 Å². The number of aromatic nitrogens is 3. The number of alkyl halides is 2. The molecule has 14 heteroatoms. The molecule has 3 N–H and O–H groups in total. The van der Waals surface area contributed by atoms with Crippen molar-refractivity contribution in [2.24, 2.45) is 0 Å². The largest absolute Gasteiger partial charge is 0.396 e. The molecule has 224 valence electrons. The lowest BCUT2D eigenvalue weighted by molar-refractivity contribution is -0.127. The Morgan fingerprint density at radius 3 is 2.40 bits per heavy atom. The van der Waals surface area contributed by atoms with Gasteiger partial charge in [-0.3, -0.25) is 4.90 Å². The summed E-state index contributed by atoms with van der Waals surface area (Å²) in [5, 5.41) is 4.02. The summed E-state index contributed by atoms with van der Waals surface area (Å²) >= 11 is 1.43. The standard InChI is InChI=1S/C28H32F3N7O2S2/c29-23-20(2-1-3-21(23)32)24-25(22-6-9-33-26(35-22)34-16-7-10-42(39,40)11-8-16)41-27(36-24)38-17-4-5-18(38)15-37(14-17)19-12-28(30,31)13-19/h1-3,6,9,16-19H,4-5,7-8,10-15,32H2,(H,33,34,35). The Labute approximate surface area is 246 Å². The Balaban J connectivity index is 1.20. The number of halogens is 3. The zero-order chi connectivity index (χ0) is 29.2. The van der Waals surface area contributed by atoms with Crippen molar-refractivity contribution in [2.75, 3.05) is 40.5 Å². The maximum atomic E-state index is 15.4. The number of hydrogen-bond donors (Lipinski definition) is 2. The van der Waals surface area contributed by atoms with Crippen molar-refractivity contribution >= 4 is 37.9 Å². The Morgan fingerprint density at radius 2 is 1.71 bits per heavy atom. The van der Waals surface area contributed by atoms with Gasteiger partial charge < -0.3 is 16.0 Å². The molecule has 0 amide bonds. The van der Waals surface area contributed by atoms with Crippen LogP contribution in [0.2, 0.25) is 0 Å². The molecule has 3 aromatic rings. The SMILES string of the molecule is Nc1cccc(-c2nc(N3C4CCC3CN(C3CC(F)(F)C3)C4)sc2-c2ccnc(NC3CCS(=O)(=O)CC3)n2)c1F. The fraction of sp³-hybridized carbons (Fsp3) is 0.536. The summed E-state index contributed by atoms with van der Waals surface area (Å²) in [7, 11) is -3.00. The fourth-order valence-electron chi connectivity index (χ4n) is 6.71. The predicted molar refractivity (Wildman–Crippen MR) is 157 cm³/mol. The van der Waals surface area contributed by atoms with Crippen LogP contribution in [0.4, 0.5) is 29.9 Å². The van der Waals surface area contributed by atoms with Crippen LogP contribution in [0, 0.1) is 5.82 Å². The molecule has 0 radical (unpaired) electrons. The number of thiazole rings is 1. The number of nitrogens with two attached hydrogens (primary N) is 1. The van der Waals surface area contributed by atoms with Crippen LogP contribution in [-0.2, 0) is 9.84 Å². The van der Waals surface area contributed by atoms with Gasteiger partial charge in [-0.05, 0) is 43.9 Å². The molecule has 4 fully saturated rings. The summed E-state index contributed by atoms with van der Waals surface area (Å²) < 4.78 is 66.2. The third-order valence-electron chi connectivity index (χ3n) is 8.99. The molecule has 2 aromatic heterocycles. The van der Waals surface area contributed by atoms with Crippen LogP contribution in [-0.4, -0.2) is 83.0 Å². The highest BCUT2D eigenvalue weighted by molar-refractivity contribution is 7.91. The quantitative estimate of drug-likeness (QED) is 0.387. The van der Waals surface area contributed by atoms with Crippen molar-refractivity contribution in [3.8, 4) is 21.8 Å². The zero-order valence-electron chi connectivity index (χ0n) is 22.8. The summed E-state index contributed by atoms with van der Waals surface area (Å²) in [4.78, 5) is 19.2. The molecule has 2 atom stereocenters. The van der Waals surface area contributed by atoms with Gasteiger partial charge in [0, 0.05) is 61.9 Å². The number of anilines is 3. The molecule has 4 aliphatic rings. The van der Waals surface area contributed by atoms with Gasteiger partial charge in [0.15, 0.2) is 10.9 Å². The Hall–Kier alpha value is -2.97. The van der Waals surface area contributed by atoms with Crippen LogP contribution >= 0.6 is 11.3 Å². The van der Waals surface area contributed by atoms with Crippen molar-refractivity contribution in [3.05, 3.63) is 36.3 Å². The molecule has 3 aliphatic heterocycles. The second kappa shape index (κ2) is 10.3. The summed E-state index contributed by atoms with van der Waals surface area (Å²) in [5.41, 5.74) is 7.24. The van der Waals surface area contributed by atoms with Gasteiger partial charge in [-0.25, -0.2) is 36.5 Å². The van der Waals surface area contributed by atoms with E-state index in [0.717, 1.165) is 18.0 Å². The number of hydrogen-bond acceptors (Lipinski definition) is 10. The van der Waals surface area contributed by atoms with E-state index in [1.165, 1.54) is 17.4 Å². The van der Waals surface area contributed by atoms with Gasteiger partial charge in [0.2, 0.25) is 5.95 Å². The van der Waals surface area contributed by atoms with Gasteiger partial charge in [0.05, 0.1) is 33.5 Å². The molecule has 42 heavy (non-hydrogen) atoms. The highest BCUT2D eigenvalue weighted by Crippen LogP contribution is 2.47. The number of likely N-dealkylation sites (tertiary alicyclic amines) is 1. The van der Waals surface area contributed by atoms with Crippen LogP contribution in [0.25, 0.3) is 21.8 Å². The van der Waals surface area contributed by atoms with Crippen LogP contribution in [0.1, 0.15) is 38.5 Å². The first kappa shape index (κ1) is 27.8. The minimum Gasteiger partial charge on any atom is -0.396 e. The molecule has 2 bridgehead atoms. The number of nitrogen functional groups attached to an aromatic ring is 1. The molecule has 9 nitrogen and oxygen atoms in total. The molecule has 3 saturated heterocycles. The van der Waals surface area contributed by atoms with Crippen LogP contribution in [0.5, 0.6) is 0 Å². The lowest BCUT2D eigenvalue weighted by Crippen LogP contribution is -2.61. The van der Waals surface area contributed by atoms with E-state index in [-0.39, 0.29) is 59.8 Å². The molecule has 2 unspecified atom stereocenters. The number of nitrogens with zero attached hydrogens (tertiary/aromatic N) is 5. The highest BCUT2D eigenvalue weighted by Gasteiger charge is 2.51. The number of fused-ring (bicyclic) bond motifs is 2. The number of nitrogens with one attached hydrogen (secondary N) is 1. The van der Waals surface area contributed by atoms with Crippen molar-refractivity contribution in [1.29, 1.82) is 0 Å². The lowest BCUT2D eigenvalue weighted by Gasteiger charge is -2.49. The maximum Gasteiger partial charge on any atom is 0.251 e. The first-order chi connectivity index (χ1) is 20.1. The topological polar surface area (TPSA) is 117 Å². The van der Waals surface area contributed by atoms with E-state index in [0.29, 0.717) is 48.1 Å². The van der Waals surface area contributed by atoms with Gasteiger partial charge in [0.25, 0.3) is 5.92 Å². The minimum absolute atomic E-state index is 0.0243. The highest BCUT2D eigenvalue weighted by atomic mass is 32.2. The van der Waals surface area contributed by atoms with E-state index >= 15 is 4.39 Å². The van der Waals surface area contributed by atoms with Crippen molar-refractivity contribution in [3.63, 3.8) is 0 Å². The third kappa shape index (κ3) is 5.21. The predicted octanol–water partition coefficient (Wildman–Crippen LogP) is 4.43. The monoisotopic (exact) mass is 619 g/mol. The van der Waals surface area contributed by atoms with Crippen LogP contribution in [0.3, 0.4) is 0 Å². The van der Waals surface area contributed by atoms with Gasteiger partial charge in [-0.1, -0.05) is 17.4 Å². The zero-order valence-corrected chi connectivity index (χ0v) is 24.5. The molecular weight excluding hydrogens is 587 g/mol. The maximum absolute atomic E-state index is 15.4. The molecule has 0 spiro atoms. The smallest absolute Gasteiger partial charge is 0.251 e. The molecule has 1 saturated carbocycles. The van der Waals surface area contributed by atoms with Gasteiger partial charge in [-0.2, -0.15) is 0 Å². The molecular formula is C28H32F3N7O2S2. The van der Waals surface area contributed by atoms with Crippen molar-refractivity contribution in [2.45, 2.75) is 68.6 Å². The fourth-order valence-corrected chi connectivity index (χ4v) is 9.40. The van der Waals surface area contributed by atoms with E-state index in [4.69, 9.17) is 15.7 Å². The second-order valence-corrected chi connectivity index (χ2v) is 15.2. The van der Waals surface area contributed by atoms with Gasteiger partial charge >= 0.3 is 0 Å². The van der Waals surface area contributed by atoms with E-state index in [2.05, 4.69) is 20.1 Å². The Kier molecular flexibility index (Phi) is 6.85. The first-order valence-electron chi connectivity index (χ1n) is 14.3. The average molecular weight is 620 g/mol. The second-order valence-electron chi connectivity index (χ2n) is 11.9. The van der Waals surface area contributed by atoms with E-state index < -0.39 is 21.6 Å². The first-order valence-corrected chi connectivity index (χ1v) is 16.9. The number of benzene rings is 1. The molecule has 7 rings (SSSR count). The molecule has 1 aromatic carbocycles. The van der Waals surface area contributed by atoms with E-state index in [1.54, 1.807) is 24.4 Å².